The zero-order valence-electron chi connectivity index (χ0n) is 23.3. The number of carbonyl (C=O) groups excluding carboxylic acids is 3. The summed E-state index contributed by atoms with van der Waals surface area (Å²) in [6.45, 7) is 0. The van der Waals surface area contributed by atoms with E-state index in [4.69, 9.17) is 23.8 Å². The standard InChI is InChI=1S/C27H20ClN9O7S2/c1-36-22(33-34-35-36)21(45)12-9-46-26-18(25(42)37(26)19(12)27(43)44)32-24(41)16(10-4-5-15(38)13(28)7-10)31-23(40)11-8-30-14-3-2-6-29-17(14)20(11)39/h2-8,16,18,26,38H,9H2,1H3,(H,30,39)(H,31,40)(H,32,41)(H,43,44)/t16?,18?,26-/m0/s1. The molecule has 3 atom stereocenters. The van der Waals surface area contributed by atoms with Gasteiger partial charge in [0.2, 0.25) is 11.3 Å². The van der Waals surface area contributed by atoms with Gasteiger partial charge in [0.05, 0.1) is 15.4 Å². The third kappa shape index (κ3) is 5.25. The molecule has 4 aromatic rings. The molecule has 2 aliphatic rings. The number of phenolic OH excluding ortho intramolecular Hbond substituents is 1. The lowest BCUT2D eigenvalue weighted by atomic mass is 9.99. The molecule has 0 bridgehead atoms. The van der Waals surface area contributed by atoms with E-state index in [1.165, 1.54) is 42.3 Å². The molecule has 0 spiro atoms. The van der Waals surface area contributed by atoms with Crippen LogP contribution in [0, 0.1) is 0 Å². The highest BCUT2D eigenvalue weighted by Crippen LogP contribution is 2.41. The molecule has 46 heavy (non-hydrogen) atoms. The Bertz CT molecular complexity index is 2080. The fourth-order valence-corrected chi connectivity index (χ4v) is 6.99. The lowest BCUT2D eigenvalue weighted by Gasteiger charge is -2.49. The number of aromatic amines is 1. The molecule has 19 heteroatoms. The summed E-state index contributed by atoms with van der Waals surface area (Å²) in [7, 11) is 1.53. The molecule has 5 heterocycles. The van der Waals surface area contributed by atoms with Crippen LogP contribution in [0.3, 0.4) is 0 Å². The number of carbonyl (C=O) groups is 4. The zero-order chi connectivity index (χ0) is 32.9. The summed E-state index contributed by atoms with van der Waals surface area (Å²) in [6.07, 6.45) is 2.58. The SMILES string of the molecule is Cn1nnnc1C(=S)C1=C(C(=O)O)N2C(=O)C(NC(=O)C(NC(=O)c3c[nH]c4cccnc4c3=O)c3ccc(O)c(Cl)c3)[C@@H]2SC1. The number of carboxylic acid groups (broad SMARTS) is 1. The summed E-state index contributed by atoms with van der Waals surface area (Å²) < 4.78 is 1.28. The number of rotatable bonds is 8. The van der Waals surface area contributed by atoms with Gasteiger partial charge in [-0.05, 0) is 40.3 Å². The Balaban J connectivity index is 1.28. The number of H-pyrrole nitrogens is 1. The maximum absolute atomic E-state index is 13.7. The van der Waals surface area contributed by atoms with E-state index < -0.39 is 46.6 Å². The van der Waals surface area contributed by atoms with Gasteiger partial charge in [-0.1, -0.05) is 29.9 Å². The van der Waals surface area contributed by atoms with Crippen LogP contribution in [0.25, 0.3) is 11.0 Å². The Labute approximate surface area is 271 Å². The molecule has 234 valence electrons. The van der Waals surface area contributed by atoms with E-state index in [9.17, 15) is 34.2 Å². The van der Waals surface area contributed by atoms with Gasteiger partial charge in [0.1, 0.15) is 40.0 Å². The van der Waals surface area contributed by atoms with Crippen molar-refractivity contribution in [2.45, 2.75) is 17.5 Å². The predicted octanol–water partition coefficient (Wildman–Crippen LogP) is 0.434. The van der Waals surface area contributed by atoms with Crippen molar-refractivity contribution < 1.29 is 29.4 Å². The zero-order valence-corrected chi connectivity index (χ0v) is 25.7. The third-order valence-electron chi connectivity index (χ3n) is 7.29. The van der Waals surface area contributed by atoms with E-state index in [0.29, 0.717) is 5.52 Å². The number of thiocarbonyl (C=S) groups is 1. The van der Waals surface area contributed by atoms with Gasteiger partial charge in [0.25, 0.3) is 11.8 Å². The number of pyridine rings is 2. The molecule has 3 aromatic heterocycles. The Morgan fingerprint density at radius 3 is 2.72 bits per heavy atom. The van der Waals surface area contributed by atoms with E-state index >= 15 is 0 Å². The van der Waals surface area contributed by atoms with E-state index in [1.807, 2.05) is 0 Å². The molecule has 16 nitrogen and oxygen atoms in total. The lowest BCUT2D eigenvalue weighted by Crippen LogP contribution is -2.71. The number of thioether (sulfide) groups is 1. The maximum atomic E-state index is 13.7. The number of hydrogen-bond acceptors (Lipinski definition) is 12. The van der Waals surface area contributed by atoms with Gasteiger partial charge in [0.15, 0.2) is 5.82 Å². The minimum Gasteiger partial charge on any atom is -0.506 e. The third-order valence-corrected chi connectivity index (χ3v) is 9.30. The van der Waals surface area contributed by atoms with Gasteiger partial charge in [-0.3, -0.25) is 29.1 Å². The fourth-order valence-electron chi connectivity index (χ4n) is 5.01. The van der Waals surface area contributed by atoms with Crippen LogP contribution in [0.2, 0.25) is 5.02 Å². The number of β-lactam (4-membered cyclic amide) rings is 1. The molecule has 0 aliphatic carbocycles. The lowest BCUT2D eigenvalue weighted by molar-refractivity contribution is -0.150. The second-order valence-electron chi connectivity index (χ2n) is 10.0. The number of tetrazole rings is 1. The molecule has 3 amide bonds. The number of amides is 3. The number of nitrogens with zero attached hydrogens (tertiary/aromatic N) is 6. The highest BCUT2D eigenvalue weighted by Gasteiger charge is 2.55. The van der Waals surface area contributed by atoms with Gasteiger partial charge in [-0.25, -0.2) is 9.48 Å². The Morgan fingerprint density at radius 1 is 1.24 bits per heavy atom. The van der Waals surface area contributed by atoms with Gasteiger partial charge in [0, 0.05) is 30.8 Å². The minimum atomic E-state index is -1.50. The summed E-state index contributed by atoms with van der Waals surface area (Å²) in [4.78, 5) is 73.7. The number of phenols is 1. The number of aryl methyl sites for hydroxylation is 1. The minimum absolute atomic E-state index is 0.00915. The number of aliphatic carboxylic acids is 1. The van der Waals surface area contributed by atoms with Crippen LogP contribution < -0.4 is 16.1 Å². The molecular formula is C27H20ClN9O7S2. The molecule has 1 fully saturated rings. The molecule has 0 radical (unpaired) electrons. The highest BCUT2D eigenvalue weighted by atomic mass is 35.5. The van der Waals surface area contributed by atoms with Crippen molar-refractivity contribution >= 4 is 75.2 Å². The molecule has 0 saturated carbocycles. The Kier molecular flexibility index (Phi) is 8.01. The van der Waals surface area contributed by atoms with Gasteiger partial charge >= 0.3 is 5.97 Å². The van der Waals surface area contributed by atoms with E-state index in [1.54, 1.807) is 12.1 Å². The highest BCUT2D eigenvalue weighted by molar-refractivity contribution is 8.00. The molecule has 1 aromatic carbocycles. The van der Waals surface area contributed by atoms with Crippen molar-refractivity contribution in [1.29, 1.82) is 0 Å². The number of benzene rings is 1. The van der Waals surface area contributed by atoms with E-state index in [-0.39, 0.29) is 55.1 Å². The van der Waals surface area contributed by atoms with Crippen LogP contribution in [-0.4, -0.2) is 91.0 Å². The van der Waals surface area contributed by atoms with Crippen LogP contribution in [0.1, 0.15) is 27.8 Å². The van der Waals surface area contributed by atoms with Crippen LogP contribution >= 0.6 is 35.6 Å². The van der Waals surface area contributed by atoms with Crippen molar-refractivity contribution in [3.8, 4) is 5.75 Å². The van der Waals surface area contributed by atoms with E-state index in [2.05, 4.69) is 36.1 Å². The summed E-state index contributed by atoms with van der Waals surface area (Å²) in [5, 5.41) is 35.2. The monoisotopic (exact) mass is 681 g/mol. The van der Waals surface area contributed by atoms with Gasteiger partial charge < -0.3 is 25.8 Å². The van der Waals surface area contributed by atoms with Crippen molar-refractivity contribution in [3.63, 3.8) is 0 Å². The molecule has 2 aliphatic heterocycles. The summed E-state index contributed by atoms with van der Waals surface area (Å²) in [6, 6.07) is 4.33. The first-order valence-corrected chi connectivity index (χ1v) is 15.1. The normalized spacial score (nSPS) is 18.0. The average molecular weight is 682 g/mol. The van der Waals surface area contributed by atoms with Crippen molar-refractivity contribution in [3.05, 3.63) is 86.2 Å². The Morgan fingerprint density at radius 2 is 2.02 bits per heavy atom. The van der Waals surface area contributed by atoms with Gasteiger partial charge in [-0.15, -0.1) is 16.9 Å². The van der Waals surface area contributed by atoms with Crippen LogP contribution in [0.5, 0.6) is 5.75 Å². The largest absolute Gasteiger partial charge is 0.506 e. The van der Waals surface area contributed by atoms with Crippen LogP contribution in [0.15, 0.2) is 58.8 Å². The number of hydrogen-bond donors (Lipinski definition) is 5. The number of fused-ring (bicyclic) bond motifs is 2. The summed E-state index contributed by atoms with van der Waals surface area (Å²) in [5.74, 6) is -4.00. The van der Waals surface area contributed by atoms with Crippen LogP contribution in [-0.2, 0) is 21.4 Å². The number of halogens is 1. The number of nitrogens with one attached hydrogen (secondary N) is 3. The number of aromatic hydroxyl groups is 1. The molecule has 1 saturated heterocycles. The fraction of sp³-hybridized carbons (Fsp3) is 0.185. The first kappa shape index (κ1) is 30.8. The molecule has 5 N–H and O–H groups in total. The van der Waals surface area contributed by atoms with Crippen molar-refractivity contribution in [2.75, 3.05) is 5.75 Å². The first-order valence-electron chi connectivity index (χ1n) is 13.2. The summed E-state index contributed by atoms with van der Waals surface area (Å²) in [5.41, 5.74) is -0.675. The quantitative estimate of drug-likeness (QED) is 0.0968. The van der Waals surface area contributed by atoms with Crippen molar-refractivity contribution in [1.82, 2.24) is 45.7 Å². The number of aromatic nitrogens is 6. The second kappa shape index (κ2) is 12.0. The predicted molar refractivity (Wildman–Crippen MR) is 166 cm³/mol. The number of carboxylic acids is 1. The van der Waals surface area contributed by atoms with E-state index in [0.717, 1.165) is 16.7 Å². The van der Waals surface area contributed by atoms with Crippen LogP contribution in [0.4, 0.5) is 0 Å². The molecule has 2 unspecified atom stereocenters. The maximum Gasteiger partial charge on any atom is 0.353 e. The molecular weight excluding hydrogens is 662 g/mol. The smallest absolute Gasteiger partial charge is 0.353 e. The second-order valence-corrected chi connectivity index (χ2v) is 12.0. The topological polar surface area (TPSA) is 225 Å². The van der Waals surface area contributed by atoms with Gasteiger partial charge in [-0.2, -0.15) is 0 Å². The summed E-state index contributed by atoms with van der Waals surface area (Å²) >= 11 is 12.7. The Hall–Kier alpha value is -5.20. The van der Waals surface area contributed by atoms with Crippen molar-refractivity contribution in [2.24, 2.45) is 7.05 Å². The average Bonchev–Trinajstić information content (AvgIpc) is 3.48. The molecule has 6 rings (SSSR count). The first-order chi connectivity index (χ1) is 22.0.